The molecule has 0 aromatic heterocycles. The number of rotatable bonds is 1. The van der Waals surface area contributed by atoms with Gasteiger partial charge in [0.2, 0.25) is 0 Å². The Balaban J connectivity index is 2.77. The molecule has 1 fully saturated rings. The van der Waals surface area contributed by atoms with Crippen molar-refractivity contribution < 1.29 is 9.59 Å². The van der Waals surface area contributed by atoms with E-state index in [1.807, 2.05) is 0 Å². The first-order valence-electron chi connectivity index (χ1n) is 3.80. The number of nitrogens with zero attached hydrogens (tertiary/aromatic N) is 2. The lowest BCUT2D eigenvalue weighted by molar-refractivity contribution is -0.156. The Bertz CT molecular complexity index is 217. The number of nitrogens with two attached hydrogens (primary N) is 1. The molecule has 0 radical (unpaired) electrons. The number of hydrogen-bond donors (Lipinski definition) is 1. The highest BCUT2D eigenvalue weighted by Crippen LogP contribution is 2.06. The molecular formula is C7H13N3O2. The summed E-state index contributed by atoms with van der Waals surface area (Å²) in [5.41, 5.74) is 5.43. The van der Waals surface area contributed by atoms with Crippen molar-refractivity contribution in [2.75, 3.05) is 27.2 Å². The summed E-state index contributed by atoms with van der Waals surface area (Å²) in [6.07, 6.45) is 0. The summed E-state index contributed by atoms with van der Waals surface area (Å²) in [7, 11) is 3.21. The van der Waals surface area contributed by atoms with Crippen LogP contribution in [0.4, 0.5) is 0 Å². The highest BCUT2D eigenvalue weighted by molar-refractivity contribution is 6.35. The van der Waals surface area contributed by atoms with E-state index in [2.05, 4.69) is 0 Å². The Labute approximate surface area is 71.1 Å². The number of carbonyl (C=O) groups is 2. The summed E-state index contributed by atoms with van der Waals surface area (Å²) >= 11 is 0. The largest absolute Gasteiger partial charge is 0.335 e. The number of hydrogen-bond acceptors (Lipinski definition) is 3. The van der Waals surface area contributed by atoms with Crippen LogP contribution in [0.2, 0.25) is 0 Å². The van der Waals surface area contributed by atoms with Gasteiger partial charge >= 0.3 is 11.8 Å². The molecule has 0 saturated carbocycles. The van der Waals surface area contributed by atoms with Gasteiger partial charge in [-0.3, -0.25) is 9.59 Å². The zero-order valence-corrected chi connectivity index (χ0v) is 7.28. The monoisotopic (exact) mass is 171 g/mol. The highest BCUT2D eigenvalue weighted by Gasteiger charge is 2.33. The van der Waals surface area contributed by atoms with Crippen LogP contribution < -0.4 is 5.73 Å². The minimum Gasteiger partial charge on any atom is -0.335 e. The lowest BCUT2D eigenvalue weighted by Crippen LogP contribution is -2.59. The molecule has 5 heteroatoms. The Morgan fingerprint density at radius 3 is 2.50 bits per heavy atom. The third kappa shape index (κ3) is 1.27. The first-order valence-corrected chi connectivity index (χ1v) is 3.80. The fourth-order valence-corrected chi connectivity index (χ4v) is 1.23. The van der Waals surface area contributed by atoms with Gasteiger partial charge in [-0.05, 0) is 0 Å². The van der Waals surface area contributed by atoms with Crippen LogP contribution in [0.5, 0.6) is 0 Å². The Kier molecular flexibility index (Phi) is 2.32. The fraction of sp³-hybridized carbons (Fsp3) is 0.714. The van der Waals surface area contributed by atoms with E-state index in [9.17, 15) is 9.59 Å². The van der Waals surface area contributed by atoms with Crippen molar-refractivity contribution in [3.05, 3.63) is 0 Å². The molecule has 1 atom stereocenters. The Morgan fingerprint density at radius 1 is 1.42 bits per heavy atom. The van der Waals surface area contributed by atoms with Crippen molar-refractivity contribution in [1.29, 1.82) is 0 Å². The Hall–Kier alpha value is -1.10. The van der Waals surface area contributed by atoms with Crippen LogP contribution >= 0.6 is 0 Å². The topological polar surface area (TPSA) is 66.6 Å². The molecule has 0 bridgehead atoms. The van der Waals surface area contributed by atoms with Crippen LogP contribution in [-0.2, 0) is 9.59 Å². The van der Waals surface area contributed by atoms with Crippen molar-refractivity contribution in [2.24, 2.45) is 5.73 Å². The summed E-state index contributed by atoms with van der Waals surface area (Å²) in [4.78, 5) is 25.1. The van der Waals surface area contributed by atoms with E-state index in [-0.39, 0.29) is 6.04 Å². The van der Waals surface area contributed by atoms with Gasteiger partial charge in [0.05, 0.1) is 6.04 Å². The number of amides is 2. The quantitative estimate of drug-likeness (QED) is 0.475. The first-order chi connectivity index (χ1) is 5.57. The van der Waals surface area contributed by atoms with Gasteiger partial charge in [0.1, 0.15) is 0 Å². The van der Waals surface area contributed by atoms with Crippen LogP contribution in [0.25, 0.3) is 0 Å². The van der Waals surface area contributed by atoms with Gasteiger partial charge in [0.15, 0.2) is 0 Å². The molecule has 0 aromatic rings. The normalized spacial score (nSPS) is 25.1. The Morgan fingerprint density at radius 2 is 2.00 bits per heavy atom. The van der Waals surface area contributed by atoms with Gasteiger partial charge in [0.25, 0.3) is 0 Å². The van der Waals surface area contributed by atoms with Crippen molar-refractivity contribution in [3.63, 3.8) is 0 Å². The maximum absolute atomic E-state index is 11.2. The van der Waals surface area contributed by atoms with E-state index < -0.39 is 11.8 Å². The molecule has 68 valence electrons. The average molecular weight is 171 g/mol. The van der Waals surface area contributed by atoms with Gasteiger partial charge in [-0.25, -0.2) is 0 Å². The lowest BCUT2D eigenvalue weighted by Gasteiger charge is -2.35. The zero-order chi connectivity index (χ0) is 9.30. The second-order valence-corrected chi connectivity index (χ2v) is 2.99. The minimum absolute atomic E-state index is 0.0415. The molecule has 1 saturated heterocycles. The summed E-state index contributed by atoms with van der Waals surface area (Å²) in [5, 5.41) is 0. The van der Waals surface area contributed by atoms with E-state index >= 15 is 0 Å². The van der Waals surface area contributed by atoms with Crippen LogP contribution in [0.3, 0.4) is 0 Å². The fourth-order valence-electron chi connectivity index (χ4n) is 1.23. The van der Waals surface area contributed by atoms with E-state index in [1.165, 1.54) is 9.80 Å². The molecule has 1 aliphatic heterocycles. The third-order valence-electron chi connectivity index (χ3n) is 2.15. The maximum Gasteiger partial charge on any atom is 0.312 e. The third-order valence-corrected chi connectivity index (χ3v) is 2.15. The van der Waals surface area contributed by atoms with Crippen molar-refractivity contribution in [3.8, 4) is 0 Å². The van der Waals surface area contributed by atoms with Crippen molar-refractivity contribution in [2.45, 2.75) is 6.04 Å². The van der Waals surface area contributed by atoms with Crippen molar-refractivity contribution in [1.82, 2.24) is 9.80 Å². The van der Waals surface area contributed by atoms with Gasteiger partial charge in [-0.15, -0.1) is 0 Å². The molecule has 1 rings (SSSR count). The predicted molar refractivity (Wildman–Crippen MR) is 43.2 cm³/mol. The van der Waals surface area contributed by atoms with Crippen molar-refractivity contribution >= 4 is 11.8 Å². The van der Waals surface area contributed by atoms with Crippen LogP contribution in [0.1, 0.15) is 0 Å². The lowest BCUT2D eigenvalue weighted by atomic mass is 10.2. The molecule has 0 aliphatic carbocycles. The molecule has 0 aromatic carbocycles. The molecule has 2 amide bonds. The predicted octanol–water partition coefficient (Wildman–Crippen LogP) is -1.76. The smallest absolute Gasteiger partial charge is 0.312 e. The molecule has 0 spiro atoms. The molecule has 12 heavy (non-hydrogen) atoms. The molecule has 5 nitrogen and oxygen atoms in total. The number of piperazine rings is 1. The van der Waals surface area contributed by atoms with Gasteiger partial charge in [-0.1, -0.05) is 0 Å². The second-order valence-electron chi connectivity index (χ2n) is 2.99. The van der Waals surface area contributed by atoms with Gasteiger partial charge in [-0.2, -0.15) is 0 Å². The van der Waals surface area contributed by atoms with Crippen LogP contribution in [0.15, 0.2) is 0 Å². The molecule has 1 aliphatic rings. The maximum atomic E-state index is 11.2. The molecule has 2 N–H and O–H groups in total. The van der Waals surface area contributed by atoms with E-state index in [4.69, 9.17) is 5.73 Å². The minimum atomic E-state index is -0.473. The summed E-state index contributed by atoms with van der Waals surface area (Å²) in [6.45, 7) is 0.914. The average Bonchev–Trinajstić information content (AvgIpc) is 2.08. The van der Waals surface area contributed by atoms with Gasteiger partial charge < -0.3 is 15.5 Å². The highest BCUT2D eigenvalue weighted by atomic mass is 16.2. The van der Waals surface area contributed by atoms with Crippen LogP contribution in [-0.4, -0.2) is 54.8 Å². The summed E-state index contributed by atoms with van der Waals surface area (Å²) < 4.78 is 0. The number of likely N-dealkylation sites (N-methyl/N-ethyl adjacent to an activating group) is 2. The van der Waals surface area contributed by atoms with E-state index in [1.54, 1.807) is 14.1 Å². The zero-order valence-electron chi connectivity index (χ0n) is 7.28. The van der Waals surface area contributed by atoms with Crippen LogP contribution in [0, 0.1) is 0 Å². The summed E-state index contributed by atoms with van der Waals surface area (Å²) in [6, 6.07) is -0.0415. The summed E-state index contributed by atoms with van der Waals surface area (Å²) in [5.74, 6) is -0.929. The molecule has 0 unspecified atom stereocenters. The standard InChI is InChI=1S/C7H13N3O2/c1-9-4-5(3-8)10(2)7(12)6(9)11/h5H,3-4,8H2,1-2H3/t5-/m1/s1. The molecular weight excluding hydrogens is 158 g/mol. The van der Waals surface area contributed by atoms with E-state index in [0.717, 1.165) is 0 Å². The SMILES string of the molecule is CN1C[C@@H](CN)N(C)C(=O)C1=O. The second kappa shape index (κ2) is 3.10. The number of carbonyl (C=O) groups excluding carboxylic acids is 2. The van der Waals surface area contributed by atoms with E-state index in [0.29, 0.717) is 13.1 Å². The van der Waals surface area contributed by atoms with Gasteiger partial charge in [0, 0.05) is 27.2 Å². The molecule has 1 heterocycles. The first kappa shape index (κ1) is 8.99.